The van der Waals surface area contributed by atoms with E-state index in [-0.39, 0.29) is 19.6 Å². The van der Waals surface area contributed by atoms with Crippen molar-refractivity contribution in [2.45, 2.75) is 96.7 Å². The molecule has 0 aromatic carbocycles. The molecule has 12 nitrogen and oxygen atoms in total. The summed E-state index contributed by atoms with van der Waals surface area (Å²) in [5, 5.41) is 7.82. The summed E-state index contributed by atoms with van der Waals surface area (Å²) in [6.07, 6.45) is 11.3. The second-order valence-corrected chi connectivity index (χ2v) is 8.76. The second-order valence-electron chi connectivity index (χ2n) is 8.76. The van der Waals surface area contributed by atoms with Gasteiger partial charge in [-0.3, -0.25) is 14.4 Å². The molecule has 0 aliphatic carbocycles. The van der Waals surface area contributed by atoms with Crippen LogP contribution in [-0.4, -0.2) is 52.6 Å². The van der Waals surface area contributed by atoms with Crippen LogP contribution in [0.4, 0.5) is 0 Å². The zero-order chi connectivity index (χ0) is 26.4. The van der Waals surface area contributed by atoms with Gasteiger partial charge in [0.05, 0.1) is 0 Å². The number of rotatable bonds is 24. The van der Waals surface area contributed by atoms with Crippen LogP contribution in [0.2, 0.25) is 0 Å². The normalized spacial score (nSPS) is 10.7. The zero-order valence-corrected chi connectivity index (χ0v) is 21.3. The summed E-state index contributed by atoms with van der Waals surface area (Å²) >= 11 is 0. The van der Waals surface area contributed by atoms with Crippen molar-refractivity contribution in [2.75, 3.05) is 19.6 Å². The van der Waals surface area contributed by atoms with E-state index in [0.29, 0.717) is 58.1 Å². The first-order valence-corrected chi connectivity index (χ1v) is 13.0. The lowest BCUT2D eigenvalue weighted by Gasteiger charge is -2.14. The van der Waals surface area contributed by atoms with Crippen molar-refractivity contribution >= 4 is 19.2 Å². The first-order chi connectivity index (χ1) is 17.6. The van der Waals surface area contributed by atoms with Gasteiger partial charge >= 0.3 is 17.1 Å². The minimum absolute atomic E-state index is 0.244. The molecule has 36 heavy (non-hydrogen) atoms. The third-order valence-electron chi connectivity index (χ3n) is 5.99. The van der Waals surface area contributed by atoms with E-state index in [2.05, 4.69) is 16.0 Å². The summed E-state index contributed by atoms with van der Waals surface area (Å²) < 4.78 is 3.52. The smallest absolute Gasteiger partial charge is 0.336 e. The zero-order valence-electron chi connectivity index (χ0n) is 21.3. The lowest BCUT2D eigenvalue weighted by atomic mass is 10.2. The molecule has 3 N–H and O–H groups in total. The summed E-state index contributed by atoms with van der Waals surface area (Å²) in [7, 11) is 0. The van der Waals surface area contributed by atoms with Crippen LogP contribution in [-0.2, 0) is 34.0 Å². The van der Waals surface area contributed by atoms with E-state index in [9.17, 15) is 28.8 Å². The third kappa shape index (κ3) is 12.0. The van der Waals surface area contributed by atoms with Gasteiger partial charge in [-0.15, -0.1) is 0 Å². The van der Waals surface area contributed by atoms with E-state index in [1.54, 1.807) is 0 Å². The fraction of sp³-hybridized carbons (Fsp3) is 0.750. The summed E-state index contributed by atoms with van der Waals surface area (Å²) in [5.41, 5.74) is -1.69. The van der Waals surface area contributed by atoms with Gasteiger partial charge in [0.15, 0.2) is 0 Å². The van der Waals surface area contributed by atoms with Gasteiger partial charge in [-0.1, -0.05) is 38.5 Å². The maximum Gasteiger partial charge on any atom is 0.336 e. The van der Waals surface area contributed by atoms with Gasteiger partial charge in [-0.25, -0.2) is 28.1 Å². The van der Waals surface area contributed by atoms with Crippen molar-refractivity contribution in [3.63, 3.8) is 0 Å². The van der Waals surface area contributed by atoms with Crippen molar-refractivity contribution in [1.29, 1.82) is 0 Å². The molecule has 1 aromatic rings. The van der Waals surface area contributed by atoms with Gasteiger partial charge in [0, 0.05) is 39.3 Å². The van der Waals surface area contributed by atoms with Crippen LogP contribution < -0.4 is 33.0 Å². The molecule has 0 aliphatic rings. The fourth-order valence-corrected chi connectivity index (χ4v) is 3.98. The Morgan fingerprint density at radius 1 is 0.417 bits per heavy atom. The highest BCUT2D eigenvalue weighted by molar-refractivity contribution is 5.46. The Balaban J connectivity index is 2.84. The van der Waals surface area contributed by atoms with E-state index in [1.807, 2.05) is 0 Å². The van der Waals surface area contributed by atoms with Gasteiger partial charge in [-0.2, -0.15) is 0 Å². The minimum Gasteiger partial charge on any atom is -0.359 e. The van der Waals surface area contributed by atoms with Crippen molar-refractivity contribution in [3.05, 3.63) is 31.5 Å². The van der Waals surface area contributed by atoms with Crippen LogP contribution in [0.25, 0.3) is 0 Å². The number of hydrogen-bond donors (Lipinski definition) is 3. The molecular formula is C24H42N6O6. The molecular weight excluding hydrogens is 468 g/mol. The van der Waals surface area contributed by atoms with E-state index in [0.717, 1.165) is 57.8 Å². The maximum absolute atomic E-state index is 13.0. The van der Waals surface area contributed by atoms with Gasteiger partial charge in [0.1, 0.15) is 0 Å². The van der Waals surface area contributed by atoms with Crippen LogP contribution in [0.3, 0.4) is 0 Å². The number of hydrogen-bond acceptors (Lipinski definition) is 6. The number of unbranched alkanes of at least 4 members (excludes halogenated alkanes) is 9. The molecule has 0 bridgehead atoms. The van der Waals surface area contributed by atoms with Gasteiger partial charge in [0.25, 0.3) is 0 Å². The van der Waals surface area contributed by atoms with Crippen LogP contribution in [0, 0.1) is 0 Å². The molecule has 1 aromatic heterocycles. The van der Waals surface area contributed by atoms with Gasteiger partial charge < -0.3 is 16.0 Å². The second kappa shape index (κ2) is 20.1. The average Bonchev–Trinajstić information content (AvgIpc) is 2.87. The molecule has 3 amide bonds. The highest BCUT2D eigenvalue weighted by Crippen LogP contribution is 2.02. The number of carbonyl (C=O) groups is 3. The molecule has 0 spiro atoms. The molecule has 204 valence electrons. The van der Waals surface area contributed by atoms with Gasteiger partial charge in [-0.05, 0) is 38.5 Å². The van der Waals surface area contributed by atoms with Crippen LogP contribution in [0.15, 0.2) is 14.4 Å². The molecule has 0 unspecified atom stereocenters. The lowest BCUT2D eigenvalue weighted by molar-refractivity contribution is -0.110. The molecule has 1 rings (SSSR count). The summed E-state index contributed by atoms with van der Waals surface area (Å²) in [4.78, 5) is 70.0. The Morgan fingerprint density at radius 2 is 0.667 bits per heavy atom. The van der Waals surface area contributed by atoms with Gasteiger partial charge in [0.2, 0.25) is 19.2 Å². The number of aromatic nitrogens is 3. The number of nitrogens with zero attached hydrogens (tertiary/aromatic N) is 3. The monoisotopic (exact) mass is 510 g/mol. The molecule has 0 saturated carbocycles. The summed E-state index contributed by atoms with van der Waals surface area (Å²) in [6, 6.07) is 0. The molecule has 12 heteroatoms. The highest BCUT2D eigenvalue weighted by atomic mass is 16.2. The molecule has 0 saturated heterocycles. The first kappa shape index (κ1) is 30.9. The fourth-order valence-electron chi connectivity index (χ4n) is 3.98. The Morgan fingerprint density at radius 3 is 0.917 bits per heavy atom. The van der Waals surface area contributed by atoms with Crippen LogP contribution in [0.1, 0.15) is 77.0 Å². The molecule has 1 heterocycles. The Bertz CT molecular complexity index is 789. The van der Waals surface area contributed by atoms with Crippen molar-refractivity contribution in [3.8, 4) is 0 Å². The average molecular weight is 511 g/mol. The Hall–Kier alpha value is -3.18. The third-order valence-corrected chi connectivity index (χ3v) is 5.99. The van der Waals surface area contributed by atoms with Crippen molar-refractivity contribution in [2.24, 2.45) is 0 Å². The van der Waals surface area contributed by atoms with E-state index in [4.69, 9.17) is 0 Å². The predicted octanol–water partition coefficient (Wildman–Crippen LogP) is 0.0909. The minimum atomic E-state index is -0.563. The summed E-state index contributed by atoms with van der Waals surface area (Å²) in [5.74, 6) is 0. The predicted molar refractivity (Wildman–Crippen MR) is 137 cm³/mol. The number of amides is 3. The van der Waals surface area contributed by atoms with Crippen molar-refractivity contribution in [1.82, 2.24) is 29.7 Å². The van der Waals surface area contributed by atoms with Crippen molar-refractivity contribution < 1.29 is 14.4 Å². The molecule has 0 fully saturated rings. The first-order valence-electron chi connectivity index (χ1n) is 13.0. The largest absolute Gasteiger partial charge is 0.359 e. The maximum atomic E-state index is 13.0. The summed E-state index contributed by atoms with van der Waals surface area (Å²) in [6.45, 7) is 2.52. The van der Waals surface area contributed by atoms with E-state index >= 15 is 0 Å². The molecule has 0 radical (unpaired) electrons. The lowest BCUT2D eigenvalue weighted by Crippen LogP contribution is -2.54. The van der Waals surface area contributed by atoms with E-state index in [1.165, 1.54) is 13.7 Å². The van der Waals surface area contributed by atoms with Crippen LogP contribution in [0.5, 0.6) is 0 Å². The quantitative estimate of drug-likeness (QED) is 0.132. The Kier molecular flexibility index (Phi) is 17.2. The topological polar surface area (TPSA) is 153 Å². The number of carbonyl (C=O) groups excluding carboxylic acids is 3. The van der Waals surface area contributed by atoms with E-state index < -0.39 is 17.1 Å². The molecule has 0 aliphatic heterocycles. The van der Waals surface area contributed by atoms with Crippen LogP contribution >= 0.6 is 0 Å². The highest BCUT2D eigenvalue weighted by Gasteiger charge is 2.15. The number of nitrogens with one attached hydrogen (secondary N) is 3. The Labute approximate surface area is 211 Å². The SMILES string of the molecule is O=CNCCCCCCn1c(=O)n(CCCCCCNC=O)c(=O)n(CCCCCCNC=O)c1=O. The standard InChI is InChI=1S/C24H42N6O6/c31-19-25-13-7-1-4-10-16-28-22(34)29(17-11-5-2-8-14-26-20-32)24(36)30(23(28)35)18-12-6-3-9-15-27-21-33/h19-21H,1-18H2,(H,25,31)(H,26,32)(H,27,33). The molecule has 0 atom stereocenters.